The number of Topliss-reactive ketones (excluding diaryl/α,β-unsaturated/α-hetero) is 1. The van der Waals surface area contributed by atoms with Crippen molar-refractivity contribution < 1.29 is 19.9 Å². The van der Waals surface area contributed by atoms with Gasteiger partial charge in [-0.3, -0.25) is 19.8 Å². The van der Waals surface area contributed by atoms with Gasteiger partial charge in [-0.2, -0.15) is 0 Å². The zero-order valence-corrected chi connectivity index (χ0v) is 16.2. The molecule has 2 N–H and O–H groups in total. The van der Waals surface area contributed by atoms with Gasteiger partial charge >= 0.3 is 5.69 Å². The first-order chi connectivity index (χ1) is 13.3. The average Bonchev–Trinajstić information content (AvgIpc) is 2.66. The molecular weight excluding hydrogens is 409 g/mol. The van der Waals surface area contributed by atoms with E-state index in [-0.39, 0.29) is 17.9 Å². The second-order valence-corrected chi connectivity index (χ2v) is 7.16. The Labute approximate surface area is 170 Å². The first-order valence-corrected chi connectivity index (χ1v) is 9.18. The predicted molar refractivity (Wildman–Crippen MR) is 106 cm³/mol. The minimum Gasteiger partial charge on any atom is -0.504 e. The highest BCUT2D eigenvalue weighted by molar-refractivity contribution is 6.43. The Hall–Kier alpha value is -2.55. The first-order valence-electron chi connectivity index (χ1n) is 8.43. The molecule has 0 spiro atoms. The van der Waals surface area contributed by atoms with Crippen molar-refractivity contribution in [1.82, 2.24) is 4.90 Å². The number of piperazine rings is 1. The number of halogens is 2. The van der Waals surface area contributed by atoms with Gasteiger partial charge in [-0.25, -0.2) is 0 Å². The third-order valence-corrected chi connectivity index (χ3v) is 5.41. The van der Waals surface area contributed by atoms with Crippen LogP contribution in [-0.2, 0) is 0 Å². The fraction of sp³-hybridized carbons (Fsp3) is 0.278. The summed E-state index contributed by atoms with van der Waals surface area (Å²) in [7, 11) is 0. The van der Waals surface area contributed by atoms with Gasteiger partial charge in [0.05, 0.1) is 27.2 Å². The molecule has 10 heteroatoms. The fourth-order valence-electron chi connectivity index (χ4n) is 3.08. The van der Waals surface area contributed by atoms with Crippen molar-refractivity contribution >= 4 is 40.4 Å². The van der Waals surface area contributed by atoms with E-state index < -0.39 is 22.1 Å². The molecule has 0 bridgehead atoms. The molecule has 0 saturated carbocycles. The molecule has 0 aliphatic carbocycles. The van der Waals surface area contributed by atoms with Crippen LogP contribution in [0, 0.1) is 10.1 Å². The average molecular weight is 426 g/mol. The van der Waals surface area contributed by atoms with Crippen molar-refractivity contribution in [2.24, 2.45) is 0 Å². The zero-order valence-electron chi connectivity index (χ0n) is 14.6. The SMILES string of the molecule is O=C(CN1CCN(c2cccc(Cl)c2Cl)CC1)c1cc(O)c(O)c([N+](=O)[O-])c1. The van der Waals surface area contributed by atoms with Crippen molar-refractivity contribution in [2.45, 2.75) is 0 Å². The Kier molecular flexibility index (Phi) is 5.93. The molecule has 0 unspecified atom stereocenters. The number of phenols is 2. The van der Waals surface area contributed by atoms with E-state index in [1.807, 2.05) is 17.0 Å². The number of benzene rings is 2. The van der Waals surface area contributed by atoms with E-state index >= 15 is 0 Å². The van der Waals surface area contributed by atoms with Crippen LogP contribution in [0.25, 0.3) is 0 Å². The van der Waals surface area contributed by atoms with Crippen LogP contribution < -0.4 is 4.90 Å². The van der Waals surface area contributed by atoms with Crippen LogP contribution in [0.5, 0.6) is 11.5 Å². The number of hydrogen-bond donors (Lipinski definition) is 2. The van der Waals surface area contributed by atoms with Gasteiger partial charge < -0.3 is 15.1 Å². The van der Waals surface area contributed by atoms with Gasteiger partial charge in [0.2, 0.25) is 5.75 Å². The van der Waals surface area contributed by atoms with Crippen LogP contribution in [-0.4, -0.2) is 58.5 Å². The van der Waals surface area contributed by atoms with Crippen LogP contribution in [0.1, 0.15) is 10.4 Å². The number of nitrogens with zero attached hydrogens (tertiary/aromatic N) is 3. The Morgan fingerprint density at radius 3 is 2.46 bits per heavy atom. The minimum absolute atomic E-state index is 0.0256. The zero-order chi connectivity index (χ0) is 20.4. The van der Waals surface area contributed by atoms with Crippen molar-refractivity contribution in [3.8, 4) is 11.5 Å². The second-order valence-electron chi connectivity index (χ2n) is 6.38. The Morgan fingerprint density at radius 1 is 1.14 bits per heavy atom. The van der Waals surface area contributed by atoms with E-state index in [9.17, 15) is 25.1 Å². The maximum absolute atomic E-state index is 12.5. The third-order valence-electron chi connectivity index (χ3n) is 4.60. The normalized spacial score (nSPS) is 14.9. The van der Waals surface area contributed by atoms with Gasteiger partial charge in [-0.05, 0) is 18.2 Å². The van der Waals surface area contributed by atoms with Gasteiger partial charge in [0, 0.05) is 37.8 Å². The molecule has 1 heterocycles. The molecule has 28 heavy (non-hydrogen) atoms. The van der Waals surface area contributed by atoms with E-state index in [4.69, 9.17) is 23.2 Å². The van der Waals surface area contributed by atoms with Crippen molar-refractivity contribution in [1.29, 1.82) is 0 Å². The lowest BCUT2D eigenvalue weighted by Crippen LogP contribution is -2.48. The van der Waals surface area contributed by atoms with Crippen molar-refractivity contribution in [3.05, 3.63) is 56.1 Å². The standard InChI is InChI=1S/C18H17Cl2N3O5/c19-12-2-1-3-13(17(12)20)22-6-4-21(5-7-22)10-16(25)11-8-14(23(27)28)18(26)15(24)9-11/h1-3,8-9,24,26H,4-7,10H2. The lowest BCUT2D eigenvalue weighted by Gasteiger charge is -2.36. The number of rotatable bonds is 5. The van der Waals surface area contributed by atoms with Crippen LogP contribution >= 0.6 is 23.2 Å². The summed E-state index contributed by atoms with van der Waals surface area (Å²) in [6.07, 6.45) is 0. The molecule has 0 amide bonds. The summed E-state index contributed by atoms with van der Waals surface area (Å²) in [5.41, 5.74) is 0.102. The number of carbonyl (C=O) groups is 1. The molecule has 3 rings (SSSR count). The fourth-order valence-corrected chi connectivity index (χ4v) is 3.50. The number of carbonyl (C=O) groups excluding carboxylic acids is 1. The summed E-state index contributed by atoms with van der Waals surface area (Å²) in [5, 5.41) is 31.1. The molecule has 0 atom stereocenters. The molecule has 0 radical (unpaired) electrons. The second kappa shape index (κ2) is 8.22. The van der Waals surface area contributed by atoms with Gasteiger partial charge in [0.25, 0.3) is 0 Å². The van der Waals surface area contributed by atoms with E-state index in [0.717, 1.165) is 17.8 Å². The van der Waals surface area contributed by atoms with Crippen molar-refractivity contribution in [2.75, 3.05) is 37.6 Å². The number of ketones is 1. The highest BCUT2D eigenvalue weighted by Crippen LogP contribution is 2.36. The molecule has 2 aromatic carbocycles. The van der Waals surface area contributed by atoms with Crippen LogP contribution in [0.15, 0.2) is 30.3 Å². The number of phenolic OH excluding ortho intramolecular Hbond substituents is 2. The molecule has 1 aliphatic heterocycles. The summed E-state index contributed by atoms with van der Waals surface area (Å²) < 4.78 is 0. The Bertz CT molecular complexity index is 930. The van der Waals surface area contributed by atoms with Crippen LogP contribution in [0.2, 0.25) is 10.0 Å². The molecule has 148 valence electrons. The summed E-state index contributed by atoms with van der Waals surface area (Å²) in [5.74, 6) is -1.93. The summed E-state index contributed by atoms with van der Waals surface area (Å²) in [6.45, 7) is 2.47. The first kappa shape index (κ1) is 20.2. The van der Waals surface area contributed by atoms with Gasteiger partial charge in [-0.15, -0.1) is 0 Å². The number of anilines is 1. The largest absolute Gasteiger partial charge is 0.504 e. The molecular formula is C18H17Cl2N3O5. The van der Waals surface area contributed by atoms with E-state index in [2.05, 4.69) is 4.90 Å². The minimum atomic E-state index is -0.853. The highest BCUT2D eigenvalue weighted by Gasteiger charge is 2.25. The Morgan fingerprint density at radius 2 is 1.82 bits per heavy atom. The smallest absolute Gasteiger partial charge is 0.315 e. The van der Waals surface area contributed by atoms with Gasteiger partial charge in [0.15, 0.2) is 11.5 Å². The maximum Gasteiger partial charge on any atom is 0.315 e. The van der Waals surface area contributed by atoms with Gasteiger partial charge in [-0.1, -0.05) is 29.3 Å². The molecule has 1 aliphatic rings. The lowest BCUT2D eigenvalue weighted by molar-refractivity contribution is -0.386. The maximum atomic E-state index is 12.5. The summed E-state index contributed by atoms with van der Waals surface area (Å²) >= 11 is 12.3. The molecule has 1 fully saturated rings. The van der Waals surface area contributed by atoms with E-state index in [0.29, 0.717) is 36.2 Å². The molecule has 2 aromatic rings. The van der Waals surface area contributed by atoms with Crippen LogP contribution in [0.3, 0.4) is 0 Å². The predicted octanol–water partition coefficient (Wildman–Crippen LogP) is 3.32. The number of hydrogen-bond acceptors (Lipinski definition) is 7. The molecule has 1 saturated heterocycles. The van der Waals surface area contributed by atoms with Crippen molar-refractivity contribution in [3.63, 3.8) is 0 Å². The topological polar surface area (TPSA) is 107 Å². The molecule has 0 aromatic heterocycles. The number of nitro groups is 1. The number of nitro benzene ring substituents is 1. The monoisotopic (exact) mass is 425 g/mol. The highest BCUT2D eigenvalue weighted by atomic mass is 35.5. The summed E-state index contributed by atoms with van der Waals surface area (Å²) in [6, 6.07) is 7.43. The molecule has 8 nitrogen and oxygen atoms in total. The number of aromatic hydroxyl groups is 2. The van der Waals surface area contributed by atoms with E-state index in [1.165, 1.54) is 0 Å². The van der Waals surface area contributed by atoms with Gasteiger partial charge in [0.1, 0.15) is 0 Å². The summed E-state index contributed by atoms with van der Waals surface area (Å²) in [4.78, 5) is 26.6. The Balaban J connectivity index is 1.66. The lowest BCUT2D eigenvalue weighted by atomic mass is 10.1. The third kappa shape index (κ3) is 4.14. The quantitative estimate of drug-likeness (QED) is 0.327. The van der Waals surface area contributed by atoms with Crippen LogP contribution in [0.4, 0.5) is 11.4 Å². The van der Waals surface area contributed by atoms with E-state index in [1.54, 1.807) is 6.07 Å².